The second-order valence-corrected chi connectivity index (χ2v) is 12.9. The standard InChI is InChI=1S/C26H28ClF3N2O7S/c1-12-5-14-7-16(10-17(12)26(14,36)22(33)11-31-25(35)39-2)40(37,38)21-6-13(3-4-18(21)27)24(34)32-15-8-19(28)23(30)20(29)9-15/h3-4,6,8-9,12,14,16-17,22,33,36H,5,7,10-11H2,1-2H3,(H,31,35)(H,32,34)/t12-,14?,16+,17+,22?,26+/m0/s1. The highest BCUT2D eigenvalue weighted by molar-refractivity contribution is 7.92. The largest absolute Gasteiger partial charge is 0.453 e. The van der Waals surface area contributed by atoms with Crippen LogP contribution < -0.4 is 10.6 Å². The second kappa shape index (κ2) is 11.2. The van der Waals surface area contributed by atoms with E-state index in [0.717, 1.165) is 13.2 Å². The Morgan fingerprint density at radius 1 is 1.15 bits per heavy atom. The summed E-state index contributed by atoms with van der Waals surface area (Å²) in [4.78, 5) is 23.9. The molecule has 6 atom stereocenters. The maximum atomic E-state index is 13.8. The van der Waals surface area contributed by atoms with E-state index in [2.05, 4.69) is 15.4 Å². The van der Waals surface area contributed by atoms with Crippen LogP contribution in [0.3, 0.4) is 0 Å². The van der Waals surface area contributed by atoms with Gasteiger partial charge in [-0.1, -0.05) is 18.5 Å². The molecule has 0 aliphatic heterocycles. The van der Waals surface area contributed by atoms with E-state index in [0.29, 0.717) is 18.6 Å². The van der Waals surface area contributed by atoms with Gasteiger partial charge in [0, 0.05) is 29.9 Å². The van der Waals surface area contributed by atoms with Crippen molar-refractivity contribution in [2.24, 2.45) is 17.8 Å². The van der Waals surface area contributed by atoms with Crippen molar-refractivity contribution in [3.63, 3.8) is 0 Å². The molecule has 14 heteroatoms. The SMILES string of the molecule is COC(=O)NCC(O)[C@@]1(O)C2C[C@@H](S(=O)(=O)c3cc(C(=O)Nc4cc(F)c(F)c(F)c4)ccc3Cl)C[C@@H]1[C@@H](C)C2. The molecule has 2 aromatic rings. The molecule has 0 heterocycles. The van der Waals surface area contributed by atoms with Crippen molar-refractivity contribution in [2.45, 2.75) is 48.0 Å². The van der Waals surface area contributed by atoms with Crippen molar-refractivity contribution >= 4 is 39.1 Å². The number of ether oxygens (including phenoxy) is 1. The lowest BCUT2D eigenvalue weighted by Crippen LogP contribution is -2.59. The summed E-state index contributed by atoms with van der Waals surface area (Å²) in [5, 5.41) is 25.7. The first-order valence-corrected chi connectivity index (χ1v) is 14.3. The summed E-state index contributed by atoms with van der Waals surface area (Å²) in [7, 11) is -3.00. The average molecular weight is 605 g/mol. The first kappa shape index (κ1) is 30.1. The molecule has 4 N–H and O–H groups in total. The van der Waals surface area contributed by atoms with Gasteiger partial charge < -0.3 is 25.6 Å². The van der Waals surface area contributed by atoms with Gasteiger partial charge in [0.1, 0.15) is 6.10 Å². The molecule has 2 aliphatic rings. The van der Waals surface area contributed by atoms with E-state index in [-0.39, 0.29) is 46.5 Å². The van der Waals surface area contributed by atoms with Crippen LogP contribution in [0.5, 0.6) is 0 Å². The fourth-order valence-corrected chi connectivity index (χ4v) is 8.40. The van der Waals surface area contributed by atoms with Crippen molar-refractivity contribution in [1.82, 2.24) is 5.32 Å². The number of carbonyl (C=O) groups is 2. The Morgan fingerprint density at radius 3 is 2.40 bits per heavy atom. The number of hydrogen-bond acceptors (Lipinski definition) is 7. The number of methoxy groups -OCH3 is 1. The third-order valence-corrected chi connectivity index (χ3v) is 10.6. The number of carbonyl (C=O) groups excluding carboxylic acids is 2. The van der Waals surface area contributed by atoms with Crippen molar-refractivity contribution in [2.75, 3.05) is 19.0 Å². The lowest BCUT2D eigenvalue weighted by atomic mass is 9.70. The van der Waals surface area contributed by atoms with Crippen molar-refractivity contribution in [1.29, 1.82) is 0 Å². The van der Waals surface area contributed by atoms with E-state index < -0.39 is 68.1 Å². The summed E-state index contributed by atoms with van der Waals surface area (Å²) in [6.07, 6.45) is -1.72. The molecule has 0 saturated heterocycles. The number of amides is 2. The molecule has 2 unspecified atom stereocenters. The number of anilines is 1. The highest BCUT2D eigenvalue weighted by Crippen LogP contribution is 2.56. The zero-order chi connectivity index (χ0) is 29.6. The number of aliphatic hydroxyl groups is 2. The lowest BCUT2D eigenvalue weighted by Gasteiger charge is -2.45. The average Bonchev–Trinajstić information content (AvgIpc) is 3.02. The van der Waals surface area contributed by atoms with Crippen molar-refractivity contribution < 1.29 is 46.1 Å². The van der Waals surface area contributed by atoms with Gasteiger partial charge >= 0.3 is 6.09 Å². The summed E-state index contributed by atoms with van der Waals surface area (Å²) in [5.41, 5.74) is -2.20. The van der Waals surface area contributed by atoms with Crippen molar-refractivity contribution in [3.8, 4) is 0 Å². The van der Waals surface area contributed by atoms with E-state index in [9.17, 15) is 41.4 Å². The molecule has 218 valence electrons. The number of alkyl carbamates (subject to hydrolysis) is 1. The molecule has 0 radical (unpaired) electrons. The van der Waals surface area contributed by atoms with E-state index in [1.807, 2.05) is 6.92 Å². The van der Waals surface area contributed by atoms with Crippen LogP contribution >= 0.6 is 11.6 Å². The van der Waals surface area contributed by atoms with Gasteiger partial charge in [0.25, 0.3) is 5.91 Å². The van der Waals surface area contributed by atoms with Crippen LogP contribution in [0.25, 0.3) is 0 Å². The molecule has 9 nitrogen and oxygen atoms in total. The molecule has 2 amide bonds. The number of fused-ring (bicyclic) bond motifs is 2. The Kier molecular flexibility index (Phi) is 8.42. The van der Waals surface area contributed by atoms with Crippen LogP contribution in [0.1, 0.15) is 36.5 Å². The predicted molar refractivity (Wildman–Crippen MR) is 138 cm³/mol. The first-order valence-electron chi connectivity index (χ1n) is 12.4. The van der Waals surface area contributed by atoms with E-state index in [1.165, 1.54) is 12.1 Å². The third kappa shape index (κ3) is 5.39. The normalized spacial score (nSPS) is 26.7. The van der Waals surface area contributed by atoms with Crippen LogP contribution in [-0.2, 0) is 14.6 Å². The Hall–Kier alpha value is -2.87. The maximum absolute atomic E-state index is 13.8. The maximum Gasteiger partial charge on any atom is 0.406 e. The van der Waals surface area contributed by atoms with Crippen LogP contribution in [0.15, 0.2) is 35.2 Å². The summed E-state index contributed by atoms with van der Waals surface area (Å²) < 4.78 is 72.3. The smallest absolute Gasteiger partial charge is 0.406 e. The number of halogens is 4. The summed E-state index contributed by atoms with van der Waals surface area (Å²) in [5.74, 6) is -6.99. The predicted octanol–water partition coefficient (Wildman–Crippen LogP) is 3.67. The molecule has 0 aromatic heterocycles. The van der Waals surface area contributed by atoms with Gasteiger partial charge in [0.05, 0.1) is 27.9 Å². The molecule has 2 aliphatic carbocycles. The molecule has 2 saturated carbocycles. The van der Waals surface area contributed by atoms with E-state index in [1.54, 1.807) is 0 Å². The molecule has 2 fully saturated rings. The van der Waals surface area contributed by atoms with Crippen LogP contribution in [0.4, 0.5) is 23.7 Å². The minimum absolute atomic E-state index is 0.00412. The van der Waals surface area contributed by atoms with Crippen LogP contribution in [0.2, 0.25) is 5.02 Å². The topological polar surface area (TPSA) is 142 Å². The molecule has 4 rings (SSSR count). The van der Waals surface area contributed by atoms with Gasteiger partial charge in [0.2, 0.25) is 0 Å². The number of rotatable bonds is 7. The molecule has 2 bridgehead atoms. The van der Waals surface area contributed by atoms with Gasteiger partial charge in [-0.05, 0) is 55.2 Å². The molecular weight excluding hydrogens is 577 g/mol. The molecule has 40 heavy (non-hydrogen) atoms. The zero-order valence-electron chi connectivity index (χ0n) is 21.5. The highest BCUT2D eigenvalue weighted by atomic mass is 35.5. The number of aliphatic hydroxyl groups excluding tert-OH is 1. The monoisotopic (exact) mass is 604 g/mol. The Morgan fingerprint density at radius 2 is 1.80 bits per heavy atom. The summed E-state index contributed by atoms with van der Waals surface area (Å²) in [6.45, 7) is 1.56. The zero-order valence-corrected chi connectivity index (χ0v) is 23.0. The van der Waals surface area contributed by atoms with E-state index >= 15 is 0 Å². The summed E-state index contributed by atoms with van der Waals surface area (Å²) in [6, 6.07) is 4.64. The third-order valence-electron chi connectivity index (χ3n) is 7.99. The molecule has 0 spiro atoms. The fraction of sp³-hybridized carbons (Fsp3) is 0.462. The number of hydrogen-bond donors (Lipinski definition) is 4. The quantitative estimate of drug-likeness (QED) is 0.353. The number of nitrogens with one attached hydrogen (secondary N) is 2. The minimum Gasteiger partial charge on any atom is -0.453 e. The second-order valence-electron chi connectivity index (χ2n) is 10.3. The Balaban J connectivity index is 1.57. The van der Waals surface area contributed by atoms with Gasteiger partial charge in [-0.3, -0.25) is 4.79 Å². The Bertz CT molecular complexity index is 1420. The van der Waals surface area contributed by atoms with Crippen LogP contribution in [0, 0.1) is 35.2 Å². The van der Waals surface area contributed by atoms with E-state index in [4.69, 9.17) is 11.6 Å². The first-order chi connectivity index (χ1) is 18.7. The Labute approximate surface area is 233 Å². The minimum atomic E-state index is -4.16. The van der Waals surface area contributed by atoms with Gasteiger partial charge in [-0.15, -0.1) is 0 Å². The van der Waals surface area contributed by atoms with Gasteiger partial charge in [0.15, 0.2) is 27.3 Å². The number of sulfone groups is 1. The highest BCUT2D eigenvalue weighted by Gasteiger charge is 2.61. The lowest BCUT2D eigenvalue weighted by molar-refractivity contribution is -0.143. The van der Waals surface area contributed by atoms with Crippen LogP contribution in [-0.4, -0.2) is 61.2 Å². The van der Waals surface area contributed by atoms with Crippen molar-refractivity contribution in [3.05, 3.63) is 58.4 Å². The molecular formula is C26H28ClF3N2O7S. The summed E-state index contributed by atoms with van der Waals surface area (Å²) >= 11 is 6.24. The fourth-order valence-electron chi connectivity index (χ4n) is 6.02. The van der Waals surface area contributed by atoms with Gasteiger partial charge in [-0.2, -0.15) is 0 Å². The van der Waals surface area contributed by atoms with Gasteiger partial charge in [-0.25, -0.2) is 26.4 Å². The number of benzene rings is 2. The molecule has 2 aromatic carbocycles.